The van der Waals surface area contributed by atoms with Gasteiger partial charge in [-0.3, -0.25) is 4.79 Å². The summed E-state index contributed by atoms with van der Waals surface area (Å²) in [7, 11) is 1.62. The summed E-state index contributed by atoms with van der Waals surface area (Å²) in [5, 5.41) is 2.90. The molecule has 1 aromatic heterocycles. The molecule has 0 aliphatic rings. The van der Waals surface area contributed by atoms with Gasteiger partial charge in [0.25, 0.3) is 5.91 Å². The number of ether oxygens (including phenoxy) is 3. The summed E-state index contributed by atoms with van der Waals surface area (Å²) >= 11 is 0. The number of unbranched alkanes of at least 4 members (excludes halogenated alkanes) is 1. The maximum Gasteiger partial charge on any atom is 0.256 e. The molecule has 1 N–H and O–H groups in total. The van der Waals surface area contributed by atoms with Crippen LogP contribution in [0.4, 0.5) is 5.69 Å². The van der Waals surface area contributed by atoms with Crippen LogP contribution in [0.25, 0.3) is 0 Å². The average molecular weight is 338 g/mol. The van der Waals surface area contributed by atoms with E-state index in [0.29, 0.717) is 37.8 Å². The van der Waals surface area contributed by atoms with Crippen molar-refractivity contribution >= 4 is 11.6 Å². The number of methoxy groups -OCH3 is 1. The molecule has 1 amide bonds. The quantitative estimate of drug-likeness (QED) is 0.627. The van der Waals surface area contributed by atoms with Gasteiger partial charge in [-0.25, -0.2) is 4.98 Å². The van der Waals surface area contributed by atoms with Crippen molar-refractivity contribution in [2.75, 3.05) is 32.2 Å². The van der Waals surface area contributed by atoms with Crippen LogP contribution >= 0.6 is 0 Å². The number of aromatic nitrogens is 1. The summed E-state index contributed by atoms with van der Waals surface area (Å²) in [5.74, 6) is 0.399. The fourth-order valence-electron chi connectivity index (χ4n) is 2.35. The van der Waals surface area contributed by atoms with Gasteiger partial charge in [0, 0.05) is 19.3 Å². The highest BCUT2D eigenvalue weighted by molar-refractivity contribution is 5.97. The van der Waals surface area contributed by atoms with Crippen LogP contribution in [0.3, 0.4) is 0 Å². The number of nitrogens with zero attached hydrogens (tertiary/aromatic N) is 1. The lowest BCUT2D eigenvalue weighted by Gasteiger charge is -2.28. The third-order valence-corrected chi connectivity index (χ3v) is 3.76. The Kier molecular flexibility index (Phi) is 8.71. The zero-order valence-electron chi connectivity index (χ0n) is 15.5. The van der Waals surface area contributed by atoms with Crippen LogP contribution in [0.1, 0.15) is 45.6 Å². The zero-order chi connectivity index (χ0) is 18.0. The largest absolute Gasteiger partial charge is 0.475 e. The van der Waals surface area contributed by atoms with E-state index in [0.717, 1.165) is 18.4 Å². The fraction of sp³-hybridized carbons (Fsp3) is 0.667. The van der Waals surface area contributed by atoms with Gasteiger partial charge < -0.3 is 19.5 Å². The summed E-state index contributed by atoms with van der Waals surface area (Å²) in [6.45, 7) is 9.17. The van der Waals surface area contributed by atoms with E-state index in [-0.39, 0.29) is 5.91 Å². The minimum absolute atomic E-state index is 0.146. The molecule has 1 rings (SSSR count). The van der Waals surface area contributed by atoms with Gasteiger partial charge in [-0.2, -0.15) is 0 Å². The Morgan fingerprint density at radius 2 is 2.08 bits per heavy atom. The van der Waals surface area contributed by atoms with Gasteiger partial charge in [0.1, 0.15) is 12.2 Å². The molecule has 1 atom stereocenters. The van der Waals surface area contributed by atoms with E-state index in [4.69, 9.17) is 14.2 Å². The first-order chi connectivity index (χ1) is 11.5. The van der Waals surface area contributed by atoms with Crippen LogP contribution in [0.15, 0.2) is 12.3 Å². The second-order valence-electron chi connectivity index (χ2n) is 5.91. The smallest absolute Gasteiger partial charge is 0.256 e. The van der Waals surface area contributed by atoms with E-state index in [1.165, 1.54) is 0 Å². The van der Waals surface area contributed by atoms with Crippen molar-refractivity contribution in [2.45, 2.75) is 52.6 Å². The summed E-state index contributed by atoms with van der Waals surface area (Å²) in [4.78, 5) is 16.9. The Labute approximate surface area is 144 Å². The Morgan fingerprint density at radius 3 is 2.67 bits per heavy atom. The van der Waals surface area contributed by atoms with Crippen molar-refractivity contribution < 1.29 is 19.0 Å². The molecule has 0 aliphatic heterocycles. The minimum Gasteiger partial charge on any atom is -0.475 e. The summed E-state index contributed by atoms with van der Waals surface area (Å²) in [6, 6.07) is 1.85. The molecule has 0 saturated heterocycles. The highest BCUT2D eigenvalue weighted by atomic mass is 16.5. The van der Waals surface area contributed by atoms with E-state index in [9.17, 15) is 4.79 Å². The van der Waals surface area contributed by atoms with Crippen LogP contribution < -0.4 is 10.1 Å². The van der Waals surface area contributed by atoms with E-state index < -0.39 is 5.60 Å². The van der Waals surface area contributed by atoms with Gasteiger partial charge in [0.05, 0.1) is 18.5 Å². The Hall–Kier alpha value is -1.66. The SMILES string of the molecule is CCCCC(C)(OCC)C(=O)Nc1cnc(OCCOC)c(C)c1. The number of rotatable bonds is 11. The summed E-state index contributed by atoms with van der Waals surface area (Å²) in [5.41, 5.74) is 0.668. The third-order valence-electron chi connectivity index (χ3n) is 3.76. The molecule has 0 bridgehead atoms. The zero-order valence-corrected chi connectivity index (χ0v) is 15.5. The number of carbonyl (C=O) groups is 1. The molecule has 24 heavy (non-hydrogen) atoms. The van der Waals surface area contributed by atoms with E-state index in [1.54, 1.807) is 13.3 Å². The first-order valence-electron chi connectivity index (χ1n) is 8.50. The van der Waals surface area contributed by atoms with Crippen molar-refractivity contribution in [1.29, 1.82) is 0 Å². The Morgan fingerprint density at radius 1 is 1.33 bits per heavy atom. The number of nitrogens with one attached hydrogen (secondary N) is 1. The van der Waals surface area contributed by atoms with Crippen molar-refractivity contribution in [3.63, 3.8) is 0 Å². The monoisotopic (exact) mass is 338 g/mol. The predicted octanol–water partition coefficient (Wildman–Crippen LogP) is 3.34. The number of hydrogen-bond donors (Lipinski definition) is 1. The first-order valence-corrected chi connectivity index (χ1v) is 8.50. The van der Waals surface area contributed by atoms with E-state index >= 15 is 0 Å². The van der Waals surface area contributed by atoms with E-state index in [1.807, 2.05) is 26.8 Å². The van der Waals surface area contributed by atoms with Gasteiger partial charge in [-0.05, 0) is 33.3 Å². The lowest BCUT2D eigenvalue weighted by Crippen LogP contribution is -2.42. The van der Waals surface area contributed by atoms with Gasteiger partial charge in [0.2, 0.25) is 5.88 Å². The molecule has 1 aromatic rings. The predicted molar refractivity (Wildman–Crippen MR) is 94.5 cm³/mol. The van der Waals surface area contributed by atoms with Crippen LogP contribution in [-0.2, 0) is 14.3 Å². The van der Waals surface area contributed by atoms with Gasteiger partial charge >= 0.3 is 0 Å². The molecule has 6 heteroatoms. The standard InChI is InChI=1S/C18H30N2O4/c1-6-8-9-18(4,24-7-2)17(21)20-15-12-14(3)16(19-13-15)23-11-10-22-5/h12-13H,6-11H2,1-5H3,(H,20,21). The molecule has 0 radical (unpaired) electrons. The molecular formula is C18H30N2O4. The average Bonchev–Trinajstić information content (AvgIpc) is 2.55. The lowest BCUT2D eigenvalue weighted by atomic mass is 9.97. The number of amides is 1. The number of aryl methyl sites for hydroxylation is 1. The number of pyridine rings is 1. The van der Waals surface area contributed by atoms with Crippen molar-refractivity contribution in [2.24, 2.45) is 0 Å². The minimum atomic E-state index is -0.827. The number of anilines is 1. The van der Waals surface area contributed by atoms with E-state index in [2.05, 4.69) is 17.2 Å². The molecule has 1 heterocycles. The Balaban J connectivity index is 2.76. The fourth-order valence-corrected chi connectivity index (χ4v) is 2.35. The van der Waals surface area contributed by atoms with Crippen LogP contribution in [-0.4, -0.2) is 43.4 Å². The van der Waals surface area contributed by atoms with Crippen molar-refractivity contribution in [3.8, 4) is 5.88 Å². The Bertz CT molecular complexity index is 522. The lowest BCUT2D eigenvalue weighted by molar-refractivity contribution is -0.139. The van der Waals surface area contributed by atoms with Gasteiger partial charge in [-0.15, -0.1) is 0 Å². The van der Waals surface area contributed by atoms with Crippen LogP contribution in [0.5, 0.6) is 5.88 Å². The summed E-state index contributed by atoms with van der Waals surface area (Å²) < 4.78 is 16.2. The second kappa shape index (κ2) is 10.3. The highest BCUT2D eigenvalue weighted by Crippen LogP contribution is 2.23. The van der Waals surface area contributed by atoms with Crippen LogP contribution in [0.2, 0.25) is 0 Å². The molecule has 0 saturated carbocycles. The molecule has 0 fully saturated rings. The van der Waals surface area contributed by atoms with Crippen LogP contribution in [0, 0.1) is 6.92 Å². The van der Waals surface area contributed by atoms with Crippen molar-refractivity contribution in [1.82, 2.24) is 4.98 Å². The normalized spacial score (nSPS) is 13.4. The van der Waals surface area contributed by atoms with Crippen molar-refractivity contribution in [3.05, 3.63) is 17.8 Å². The molecular weight excluding hydrogens is 308 g/mol. The number of carbonyl (C=O) groups excluding carboxylic acids is 1. The molecule has 0 spiro atoms. The molecule has 6 nitrogen and oxygen atoms in total. The summed E-state index contributed by atoms with van der Waals surface area (Å²) in [6.07, 6.45) is 4.24. The van der Waals surface area contributed by atoms with Gasteiger partial charge in [0.15, 0.2) is 0 Å². The third kappa shape index (κ3) is 6.09. The maximum absolute atomic E-state index is 12.6. The molecule has 0 aliphatic carbocycles. The van der Waals surface area contributed by atoms with Gasteiger partial charge in [-0.1, -0.05) is 19.8 Å². The number of hydrogen-bond acceptors (Lipinski definition) is 5. The molecule has 0 aromatic carbocycles. The molecule has 1 unspecified atom stereocenters. The first kappa shape index (κ1) is 20.4. The highest BCUT2D eigenvalue weighted by Gasteiger charge is 2.33. The second-order valence-corrected chi connectivity index (χ2v) is 5.91. The topological polar surface area (TPSA) is 69.7 Å². The molecule has 136 valence electrons. The maximum atomic E-state index is 12.6.